The number of benzene rings is 2. The predicted octanol–water partition coefficient (Wildman–Crippen LogP) is 5.66. The maximum atomic E-state index is 10.2. The molecule has 1 atom stereocenters. The fraction of sp³-hybridized carbons (Fsp3) is 0.143. The van der Waals surface area contributed by atoms with Crippen LogP contribution in [0.4, 0.5) is 5.69 Å². The lowest BCUT2D eigenvalue weighted by Crippen LogP contribution is -2.13. The third-order valence-electron chi connectivity index (χ3n) is 2.73. The third-order valence-corrected chi connectivity index (χ3v) is 4.50. The molecule has 2 N–H and O–H groups in total. The summed E-state index contributed by atoms with van der Waals surface area (Å²) in [4.78, 5) is 0. The van der Waals surface area contributed by atoms with Crippen LogP contribution in [0.5, 0.6) is 0 Å². The topological polar surface area (TPSA) is 32.3 Å². The van der Waals surface area contributed by atoms with Crippen molar-refractivity contribution < 1.29 is 5.11 Å². The summed E-state index contributed by atoms with van der Waals surface area (Å²) in [5, 5.41) is 14.4. The van der Waals surface area contributed by atoms with Gasteiger partial charge in [0.2, 0.25) is 0 Å². The molecule has 0 saturated heterocycles. The third kappa shape index (κ3) is 4.12. The van der Waals surface area contributed by atoms with Crippen LogP contribution >= 0.6 is 55.1 Å². The predicted molar refractivity (Wildman–Crippen MR) is 91.8 cm³/mol. The average Bonchev–Trinajstić information content (AvgIpc) is 2.42. The number of anilines is 1. The normalized spacial score (nSPS) is 12.2. The van der Waals surface area contributed by atoms with Crippen molar-refractivity contribution in [2.75, 3.05) is 11.9 Å². The molecule has 0 spiro atoms. The van der Waals surface area contributed by atoms with E-state index in [-0.39, 0.29) is 0 Å². The molecule has 0 radical (unpaired) electrons. The summed E-state index contributed by atoms with van der Waals surface area (Å²) in [6.07, 6.45) is -0.743. The van der Waals surface area contributed by atoms with E-state index in [9.17, 15) is 5.11 Å². The molecule has 0 bridgehead atoms. The van der Waals surface area contributed by atoms with E-state index in [1.54, 1.807) is 18.2 Å². The van der Waals surface area contributed by atoms with Gasteiger partial charge in [-0.25, -0.2) is 0 Å². The fourth-order valence-electron chi connectivity index (χ4n) is 1.72. The van der Waals surface area contributed by atoms with E-state index in [0.717, 1.165) is 14.6 Å². The van der Waals surface area contributed by atoms with Gasteiger partial charge in [0.25, 0.3) is 0 Å². The molecule has 0 aliphatic heterocycles. The molecular weight excluding hydrogens is 429 g/mol. The molecule has 0 heterocycles. The van der Waals surface area contributed by atoms with Crippen LogP contribution in [-0.2, 0) is 0 Å². The molecule has 0 amide bonds. The van der Waals surface area contributed by atoms with Crippen molar-refractivity contribution in [1.29, 1.82) is 0 Å². The summed E-state index contributed by atoms with van der Waals surface area (Å²) in [5.74, 6) is 0. The van der Waals surface area contributed by atoms with Crippen molar-refractivity contribution in [1.82, 2.24) is 0 Å². The van der Waals surface area contributed by atoms with Crippen molar-refractivity contribution >= 4 is 60.7 Å². The van der Waals surface area contributed by atoms with Gasteiger partial charge in [0.15, 0.2) is 0 Å². The Kier molecular flexibility index (Phi) is 5.75. The maximum absolute atomic E-state index is 10.2. The monoisotopic (exact) mass is 437 g/mol. The number of rotatable bonds is 4. The van der Waals surface area contributed by atoms with Crippen LogP contribution in [0.2, 0.25) is 10.0 Å². The Bertz CT molecular complexity index is 622. The molecule has 2 nitrogen and oxygen atoms in total. The summed E-state index contributed by atoms with van der Waals surface area (Å²) in [7, 11) is 0. The fourth-order valence-corrected chi connectivity index (χ4v) is 2.89. The first-order valence-corrected chi connectivity index (χ1v) is 8.13. The highest BCUT2D eigenvalue weighted by atomic mass is 79.9. The van der Waals surface area contributed by atoms with E-state index < -0.39 is 6.10 Å². The second-order valence-corrected chi connectivity index (χ2v) is 6.80. The van der Waals surface area contributed by atoms with Gasteiger partial charge in [-0.15, -0.1) is 0 Å². The standard InChI is InChI=1S/C14H11Br2Cl2NO/c15-8-1-3-11(16)13(5-8)19-7-14(20)10-6-9(17)2-4-12(10)18/h1-6,14,19-20H,7H2. The first kappa shape index (κ1) is 16.1. The van der Waals surface area contributed by atoms with Crippen molar-refractivity contribution in [3.8, 4) is 0 Å². The van der Waals surface area contributed by atoms with Crippen LogP contribution in [-0.4, -0.2) is 11.7 Å². The average molecular weight is 440 g/mol. The summed E-state index contributed by atoms with van der Waals surface area (Å²) in [6, 6.07) is 10.8. The maximum Gasteiger partial charge on any atom is 0.0977 e. The van der Waals surface area contributed by atoms with Crippen LogP contribution in [0.25, 0.3) is 0 Å². The Morgan fingerprint density at radius 2 is 1.85 bits per heavy atom. The lowest BCUT2D eigenvalue weighted by atomic mass is 10.1. The zero-order chi connectivity index (χ0) is 14.7. The van der Waals surface area contributed by atoms with Crippen molar-refractivity contribution in [3.63, 3.8) is 0 Å². The molecule has 2 aromatic carbocycles. The van der Waals surface area contributed by atoms with Crippen LogP contribution < -0.4 is 5.32 Å². The molecule has 0 aliphatic carbocycles. The lowest BCUT2D eigenvalue weighted by Gasteiger charge is -2.16. The number of nitrogens with one attached hydrogen (secondary N) is 1. The van der Waals surface area contributed by atoms with E-state index in [4.69, 9.17) is 23.2 Å². The van der Waals surface area contributed by atoms with Crippen LogP contribution in [0.15, 0.2) is 45.3 Å². The minimum absolute atomic E-state index is 0.328. The van der Waals surface area contributed by atoms with E-state index in [0.29, 0.717) is 22.2 Å². The van der Waals surface area contributed by atoms with Gasteiger partial charge in [0.05, 0.1) is 6.10 Å². The smallest absolute Gasteiger partial charge is 0.0977 e. The molecule has 0 fully saturated rings. The highest BCUT2D eigenvalue weighted by Crippen LogP contribution is 2.29. The molecule has 0 aromatic heterocycles. The van der Waals surface area contributed by atoms with Gasteiger partial charge in [0, 0.05) is 36.8 Å². The molecule has 2 rings (SSSR count). The van der Waals surface area contributed by atoms with E-state index in [1.165, 1.54) is 0 Å². The molecule has 0 aliphatic rings. The molecule has 20 heavy (non-hydrogen) atoms. The van der Waals surface area contributed by atoms with Gasteiger partial charge < -0.3 is 10.4 Å². The largest absolute Gasteiger partial charge is 0.387 e. The zero-order valence-corrected chi connectivity index (χ0v) is 14.9. The lowest BCUT2D eigenvalue weighted by molar-refractivity contribution is 0.191. The number of hydrogen-bond acceptors (Lipinski definition) is 2. The summed E-state index contributed by atoms with van der Waals surface area (Å²) < 4.78 is 1.88. The van der Waals surface area contributed by atoms with Crippen LogP contribution in [0, 0.1) is 0 Å². The van der Waals surface area contributed by atoms with Crippen molar-refractivity contribution in [2.45, 2.75) is 6.10 Å². The number of halogens is 4. The zero-order valence-electron chi connectivity index (χ0n) is 10.2. The minimum Gasteiger partial charge on any atom is -0.387 e. The minimum atomic E-state index is -0.743. The Morgan fingerprint density at radius 3 is 2.60 bits per heavy atom. The second-order valence-electron chi connectivity index (χ2n) is 4.19. The number of aliphatic hydroxyl groups excluding tert-OH is 1. The first-order valence-electron chi connectivity index (χ1n) is 5.79. The highest BCUT2D eigenvalue weighted by Gasteiger charge is 2.12. The Balaban J connectivity index is 2.10. The first-order chi connectivity index (χ1) is 9.47. The summed E-state index contributed by atoms with van der Waals surface area (Å²) in [6.45, 7) is 0.328. The van der Waals surface area contributed by atoms with Crippen LogP contribution in [0.3, 0.4) is 0 Å². The summed E-state index contributed by atoms with van der Waals surface area (Å²) >= 11 is 18.8. The quantitative estimate of drug-likeness (QED) is 0.643. The highest BCUT2D eigenvalue weighted by molar-refractivity contribution is 9.11. The van der Waals surface area contributed by atoms with Gasteiger partial charge in [-0.2, -0.15) is 0 Å². The molecule has 1 unspecified atom stereocenters. The summed E-state index contributed by atoms with van der Waals surface area (Å²) in [5.41, 5.74) is 1.49. The number of aliphatic hydroxyl groups is 1. The molecule has 2 aromatic rings. The second kappa shape index (κ2) is 7.14. The SMILES string of the molecule is OC(CNc1cc(Br)ccc1Br)c1cc(Cl)ccc1Cl. The Hall–Kier alpha value is -0.260. The van der Waals surface area contributed by atoms with Crippen molar-refractivity contribution in [2.24, 2.45) is 0 Å². The van der Waals surface area contributed by atoms with Crippen LogP contribution in [0.1, 0.15) is 11.7 Å². The molecule has 0 saturated carbocycles. The number of hydrogen-bond donors (Lipinski definition) is 2. The Morgan fingerprint density at radius 1 is 1.10 bits per heavy atom. The van der Waals surface area contributed by atoms with Gasteiger partial charge in [-0.1, -0.05) is 39.1 Å². The van der Waals surface area contributed by atoms with E-state index in [2.05, 4.69) is 37.2 Å². The molecule has 6 heteroatoms. The van der Waals surface area contributed by atoms with Gasteiger partial charge >= 0.3 is 0 Å². The van der Waals surface area contributed by atoms with E-state index in [1.807, 2.05) is 18.2 Å². The van der Waals surface area contributed by atoms with Gasteiger partial charge in [0.1, 0.15) is 0 Å². The van der Waals surface area contributed by atoms with Crippen molar-refractivity contribution in [3.05, 3.63) is 61.0 Å². The Labute approximate surface area is 144 Å². The van der Waals surface area contributed by atoms with Gasteiger partial charge in [-0.05, 0) is 52.3 Å². The van der Waals surface area contributed by atoms with Gasteiger partial charge in [-0.3, -0.25) is 0 Å². The molecule has 106 valence electrons. The van der Waals surface area contributed by atoms with E-state index >= 15 is 0 Å². The molecular formula is C14H11Br2Cl2NO.